The molecule has 0 bridgehead atoms. The molecular weight excluding hydrogens is 260 g/mol. The second-order valence-corrected chi connectivity index (χ2v) is 3.59. The van der Waals surface area contributed by atoms with Crippen LogP contribution in [0.2, 0.25) is 0 Å². The van der Waals surface area contributed by atoms with Crippen LogP contribution < -0.4 is 5.73 Å². The van der Waals surface area contributed by atoms with Crippen molar-refractivity contribution in [3.05, 3.63) is 35.0 Å². The van der Waals surface area contributed by atoms with Crippen LogP contribution in [-0.2, 0) is 0 Å². The summed E-state index contributed by atoms with van der Waals surface area (Å²) in [6, 6.07) is 6.94. The van der Waals surface area contributed by atoms with Crippen LogP contribution >= 0.6 is 0 Å². The average Bonchev–Trinajstić information content (AvgIpc) is 2.42. The van der Waals surface area contributed by atoms with Gasteiger partial charge < -0.3 is 21.1 Å². The molecule has 0 aliphatic rings. The Hall–Kier alpha value is -3.63. The van der Waals surface area contributed by atoms with Crippen molar-refractivity contribution in [2.24, 2.45) is 5.73 Å². The molecule has 0 aromatic heterocycles. The maximum Gasteiger partial charge on any atom is 0.200 e. The summed E-state index contributed by atoms with van der Waals surface area (Å²) < 4.78 is 0. The first-order valence-corrected chi connectivity index (χ1v) is 5.11. The first-order valence-electron chi connectivity index (χ1n) is 5.11. The average molecular weight is 268 g/mol. The first kappa shape index (κ1) is 14.4. The molecule has 0 amide bonds. The van der Waals surface area contributed by atoms with Gasteiger partial charge in [0.2, 0.25) is 0 Å². The van der Waals surface area contributed by atoms with E-state index in [1.165, 1.54) is 0 Å². The van der Waals surface area contributed by atoms with Gasteiger partial charge in [0.1, 0.15) is 23.8 Å². The number of phenolic OH excluding ortho intramolecular Hbond substituents is 3. The highest BCUT2D eigenvalue weighted by Crippen LogP contribution is 2.37. The summed E-state index contributed by atoms with van der Waals surface area (Å²) in [6.45, 7) is 0. The molecule has 0 heterocycles. The van der Waals surface area contributed by atoms with Gasteiger partial charge in [0.15, 0.2) is 17.2 Å². The van der Waals surface area contributed by atoms with Gasteiger partial charge in [0.05, 0.1) is 11.3 Å². The van der Waals surface area contributed by atoms with Crippen molar-refractivity contribution in [1.29, 1.82) is 15.8 Å². The second-order valence-electron chi connectivity index (χ2n) is 3.59. The topological polar surface area (TPSA) is 158 Å². The third-order valence-corrected chi connectivity index (χ3v) is 2.30. The second kappa shape index (κ2) is 5.81. The standard InChI is InChI=1S/C13H8N4O3/c14-4-7(5-15)1-10(17)9(6-16)8-2-11(18)13(20)12(19)3-8/h1-3,18-20H,17H2. The Morgan fingerprint density at radius 2 is 1.50 bits per heavy atom. The van der Waals surface area contributed by atoms with Gasteiger partial charge in [-0.2, -0.15) is 15.8 Å². The van der Waals surface area contributed by atoms with E-state index < -0.39 is 17.2 Å². The van der Waals surface area contributed by atoms with Crippen molar-refractivity contribution >= 4 is 5.57 Å². The van der Waals surface area contributed by atoms with Crippen LogP contribution in [-0.4, -0.2) is 15.3 Å². The minimum Gasteiger partial charge on any atom is -0.504 e. The highest BCUT2D eigenvalue weighted by molar-refractivity contribution is 5.82. The van der Waals surface area contributed by atoms with Crippen LogP contribution in [0.4, 0.5) is 0 Å². The molecule has 5 N–H and O–H groups in total. The molecule has 0 atom stereocenters. The molecule has 0 spiro atoms. The molecule has 0 saturated heterocycles. The molecule has 1 aromatic rings. The van der Waals surface area contributed by atoms with Gasteiger partial charge in [-0.05, 0) is 18.2 Å². The number of rotatable bonds is 2. The summed E-state index contributed by atoms with van der Waals surface area (Å²) in [4.78, 5) is 0. The van der Waals surface area contributed by atoms with Crippen LogP contribution in [0.15, 0.2) is 29.5 Å². The molecule has 7 heteroatoms. The van der Waals surface area contributed by atoms with Gasteiger partial charge in [-0.1, -0.05) is 0 Å². The van der Waals surface area contributed by atoms with Gasteiger partial charge >= 0.3 is 0 Å². The summed E-state index contributed by atoms with van der Waals surface area (Å²) in [5, 5.41) is 54.2. The predicted molar refractivity (Wildman–Crippen MR) is 67.5 cm³/mol. The molecule has 98 valence electrons. The predicted octanol–water partition coefficient (Wildman–Crippen LogP) is 0.970. The molecule has 0 radical (unpaired) electrons. The number of nitriles is 3. The lowest BCUT2D eigenvalue weighted by molar-refractivity contribution is 0.367. The summed E-state index contributed by atoms with van der Waals surface area (Å²) in [7, 11) is 0. The van der Waals surface area contributed by atoms with Crippen LogP contribution in [0.3, 0.4) is 0 Å². The molecule has 1 aromatic carbocycles. The zero-order valence-electron chi connectivity index (χ0n) is 9.99. The van der Waals surface area contributed by atoms with E-state index in [9.17, 15) is 15.3 Å². The van der Waals surface area contributed by atoms with Gasteiger partial charge in [-0.3, -0.25) is 0 Å². The normalized spacial score (nSPS) is 10.4. The molecule has 1 rings (SSSR count). The van der Waals surface area contributed by atoms with E-state index >= 15 is 0 Å². The summed E-state index contributed by atoms with van der Waals surface area (Å²) in [5.74, 6) is -1.99. The van der Waals surface area contributed by atoms with Crippen LogP contribution in [0.1, 0.15) is 5.56 Å². The zero-order valence-corrected chi connectivity index (χ0v) is 9.99. The van der Waals surface area contributed by atoms with Crippen molar-refractivity contribution in [3.63, 3.8) is 0 Å². The minimum atomic E-state index is -0.727. The van der Waals surface area contributed by atoms with Gasteiger partial charge in [-0.15, -0.1) is 0 Å². The SMILES string of the molecule is N#CC(C#N)=CC(N)=C(C#N)c1cc(O)c(O)c(O)c1. The molecule has 0 aliphatic carbocycles. The van der Waals surface area contributed by atoms with Gasteiger partial charge in [-0.25, -0.2) is 0 Å². The third kappa shape index (κ3) is 2.79. The lowest BCUT2D eigenvalue weighted by atomic mass is 10.0. The molecule has 20 heavy (non-hydrogen) atoms. The Bertz CT molecular complexity index is 703. The fourth-order valence-electron chi connectivity index (χ4n) is 1.36. The van der Waals surface area contributed by atoms with E-state index in [0.717, 1.165) is 18.2 Å². The minimum absolute atomic E-state index is 0.0317. The van der Waals surface area contributed by atoms with E-state index in [1.807, 2.05) is 0 Å². The van der Waals surface area contributed by atoms with E-state index in [2.05, 4.69) is 0 Å². The fraction of sp³-hybridized carbons (Fsp3) is 0. The van der Waals surface area contributed by atoms with Crippen molar-refractivity contribution in [2.75, 3.05) is 0 Å². The summed E-state index contributed by atoms with van der Waals surface area (Å²) in [6.07, 6.45) is 1.000. The highest BCUT2D eigenvalue weighted by Gasteiger charge is 2.13. The third-order valence-electron chi connectivity index (χ3n) is 2.30. The number of hydrogen-bond acceptors (Lipinski definition) is 7. The number of phenols is 3. The summed E-state index contributed by atoms with van der Waals surface area (Å²) >= 11 is 0. The van der Waals surface area contributed by atoms with Gasteiger partial charge in [0.25, 0.3) is 0 Å². The number of aromatic hydroxyl groups is 3. The van der Waals surface area contributed by atoms with E-state index in [1.54, 1.807) is 18.2 Å². The first-order chi connectivity index (χ1) is 9.44. The molecule has 0 aliphatic heterocycles. The quantitative estimate of drug-likeness (QED) is 0.353. The number of benzene rings is 1. The Morgan fingerprint density at radius 1 is 1.00 bits per heavy atom. The van der Waals surface area contributed by atoms with E-state index in [-0.39, 0.29) is 22.4 Å². The maximum absolute atomic E-state index is 9.38. The van der Waals surface area contributed by atoms with Crippen molar-refractivity contribution in [2.45, 2.75) is 0 Å². The number of allylic oxidation sites excluding steroid dienone is 3. The van der Waals surface area contributed by atoms with Gasteiger partial charge in [0, 0.05) is 5.56 Å². The monoisotopic (exact) mass is 268 g/mol. The lowest BCUT2D eigenvalue weighted by Crippen LogP contribution is -1.99. The fourth-order valence-corrected chi connectivity index (χ4v) is 1.36. The molecule has 0 saturated carbocycles. The van der Waals surface area contributed by atoms with Crippen LogP contribution in [0.5, 0.6) is 17.2 Å². The summed E-state index contributed by atoms with van der Waals surface area (Å²) in [5.41, 5.74) is 4.98. The van der Waals surface area contributed by atoms with Crippen LogP contribution in [0, 0.1) is 34.0 Å². The number of nitrogens with two attached hydrogens (primary N) is 1. The molecule has 0 unspecified atom stereocenters. The van der Waals surface area contributed by atoms with E-state index in [0.29, 0.717) is 0 Å². The molecule has 7 nitrogen and oxygen atoms in total. The van der Waals surface area contributed by atoms with E-state index in [4.69, 9.17) is 21.5 Å². The Morgan fingerprint density at radius 3 is 1.90 bits per heavy atom. The smallest absolute Gasteiger partial charge is 0.200 e. The number of hydrogen-bond donors (Lipinski definition) is 4. The van der Waals surface area contributed by atoms with Crippen molar-refractivity contribution < 1.29 is 15.3 Å². The Kier molecular flexibility index (Phi) is 4.19. The Balaban J connectivity index is 3.50. The largest absolute Gasteiger partial charge is 0.504 e. The number of nitrogens with zero attached hydrogens (tertiary/aromatic N) is 3. The maximum atomic E-state index is 9.38. The Labute approximate surface area is 114 Å². The highest BCUT2D eigenvalue weighted by atomic mass is 16.3. The molecular formula is C13H8N4O3. The molecule has 0 fully saturated rings. The lowest BCUT2D eigenvalue weighted by Gasteiger charge is -2.06. The van der Waals surface area contributed by atoms with Crippen LogP contribution in [0.25, 0.3) is 5.57 Å². The van der Waals surface area contributed by atoms with Crippen molar-refractivity contribution in [3.8, 4) is 35.5 Å². The van der Waals surface area contributed by atoms with Crippen molar-refractivity contribution in [1.82, 2.24) is 0 Å². The zero-order chi connectivity index (χ0) is 15.3.